The molecule has 0 aromatic heterocycles. The summed E-state index contributed by atoms with van der Waals surface area (Å²) in [6.07, 6.45) is 1.61. The van der Waals surface area contributed by atoms with Gasteiger partial charge in [-0.25, -0.2) is 0 Å². The Morgan fingerprint density at radius 2 is 1.76 bits per heavy atom. The average molecular weight is 298 g/mol. The molecular formula is C15H26N2O4. The highest BCUT2D eigenvalue weighted by molar-refractivity contribution is 5.90. The summed E-state index contributed by atoms with van der Waals surface area (Å²) in [5.74, 6) is -2.21. The zero-order valence-corrected chi connectivity index (χ0v) is 13.2. The fourth-order valence-corrected chi connectivity index (χ4v) is 3.01. The summed E-state index contributed by atoms with van der Waals surface area (Å²) in [5, 5.41) is 14.5. The van der Waals surface area contributed by atoms with Crippen molar-refractivity contribution in [1.29, 1.82) is 0 Å². The zero-order valence-electron chi connectivity index (χ0n) is 13.2. The molecular weight excluding hydrogens is 272 g/mol. The van der Waals surface area contributed by atoms with E-state index < -0.39 is 23.8 Å². The number of carboxylic acids is 1. The third kappa shape index (κ3) is 4.72. The normalized spacial score (nSPS) is 26.4. The molecule has 0 radical (unpaired) electrons. The first-order chi connectivity index (χ1) is 9.76. The number of hydrogen-bond acceptors (Lipinski definition) is 3. The number of amides is 2. The predicted molar refractivity (Wildman–Crippen MR) is 78.5 cm³/mol. The SMILES string of the molecule is CNC(=O)C(CC(C)C)NC(=O)[C@H]1CC(C)C[C@H]1C(=O)O. The Morgan fingerprint density at radius 1 is 1.19 bits per heavy atom. The maximum Gasteiger partial charge on any atom is 0.307 e. The number of carbonyl (C=O) groups excluding carboxylic acids is 2. The van der Waals surface area contributed by atoms with E-state index in [1.165, 1.54) is 7.05 Å². The first-order valence-corrected chi connectivity index (χ1v) is 7.51. The van der Waals surface area contributed by atoms with Crippen LogP contribution in [0.3, 0.4) is 0 Å². The van der Waals surface area contributed by atoms with Crippen molar-refractivity contribution in [3.63, 3.8) is 0 Å². The summed E-state index contributed by atoms with van der Waals surface area (Å²) in [4.78, 5) is 35.5. The summed E-state index contributed by atoms with van der Waals surface area (Å²) in [5.41, 5.74) is 0. The molecule has 0 saturated heterocycles. The van der Waals surface area contributed by atoms with Crippen LogP contribution in [-0.4, -0.2) is 36.0 Å². The van der Waals surface area contributed by atoms with Gasteiger partial charge in [0.05, 0.1) is 11.8 Å². The van der Waals surface area contributed by atoms with Gasteiger partial charge in [-0.15, -0.1) is 0 Å². The van der Waals surface area contributed by atoms with E-state index in [-0.39, 0.29) is 23.7 Å². The molecule has 21 heavy (non-hydrogen) atoms. The third-order valence-electron chi connectivity index (χ3n) is 4.04. The summed E-state index contributed by atoms with van der Waals surface area (Å²) >= 11 is 0. The molecule has 2 unspecified atom stereocenters. The Balaban J connectivity index is 2.76. The van der Waals surface area contributed by atoms with Gasteiger partial charge in [0.25, 0.3) is 0 Å². The van der Waals surface area contributed by atoms with E-state index in [0.29, 0.717) is 19.3 Å². The van der Waals surface area contributed by atoms with E-state index in [1.807, 2.05) is 20.8 Å². The van der Waals surface area contributed by atoms with Gasteiger partial charge in [-0.3, -0.25) is 14.4 Å². The zero-order chi connectivity index (χ0) is 16.2. The van der Waals surface area contributed by atoms with Crippen molar-refractivity contribution in [1.82, 2.24) is 10.6 Å². The van der Waals surface area contributed by atoms with E-state index in [4.69, 9.17) is 0 Å². The minimum atomic E-state index is -0.931. The second-order valence-electron chi connectivity index (χ2n) is 6.43. The van der Waals surface area contributed by atoms with Crippen molar-refractivity contribution in [3.8, 4) is 0 Å². The highest BCUT2D eigenvalue weighted by Crippen LogP contribution is 2.36. The summed E-state index contributed by atoms with van der Waals surface area (Å²) in [6.45, 7) is 5.90. The Hall–Kier alpha value is -1.59. The number of carboxylic acid groups (broad SMARTS) is 1. The fourth-order valence-electron chi connectivity index (χ4n) is 3.01. The second kappa shape index (κ2) is 7.43. The molecule has 0 aromatic rings. The van der Waals surface area contributed by atoms with E-state index in [2.05, 4.69) is 10.6 Å². The van der Waals surface area contributed by atoms with Crippen molar-refractivity contribution in [2.75, 3.05) is 7.05 Å². The Labute approximate surface area is 125 Å². The standard InChI is InChI=1S/C15H26N2O4/c1-8(2)5-12(14(19)16-4)17-13(18)10-6-9(3)7-11(10)15(20)21/h8-12H,5-7H2,1-4H3,(H,16,19)(H,17,18)(H,20,21)/t9?,10-,11+,12?/m0/s1. The van der Waals surface area contributed by atoms with E-state index >= 15 is 0 Å². The monoisotopic (exact) mass is 298 g/mol. The molecule has 6 nitrogen and oxygen atoms in total. The van der Waals surface area contributed by atoms with E-state index in [0.717, 1.165) is 0 Å². The molecule has 1 saturated carbocycles. The Kier molecular flexibility index (Phi) is 6.18. The minimum Gasteiger partial charge on any atom is -0.481 e. The lowest BCUT2D eigenvalue weighted by Gasteiger charge is -2.22. The smallest absolute Gasteiger partial charge is 0.307 e. The van der Waals surface area contributed by atoms with Crippen LogP contribution in [0.1, 0.15) is 40.0 Å². The average Bonchev–Trinajstić information content (AvgIpc) is 2.78. The maximum atomic E-state index is 12.4. The van der Waals surface area contributed by atoms with Crippen molar-refractivity contribution in [2.45, 2.75) is 46.1 Å². The first-order valence-electron chi connectivity index (χ1n) is 7.51. The molecule has 0 bridgehead atoms. The van der Waals surface area contributed by atoms with Crippen LogP contribution in [0.2, 0.25) is 0 Å². The molecule has 3 N–H and O–H groups in total. The van der Waals surface area contributed by atoms with Crippen LogP contribution in [-0.2, 0) is 14.4 Å². The van der Waals surface area contributed by atoms with Gasteiger partial charge in [0.1, 0.15) is 6.04 Å². The van der Waals surface area contributed by atoms with Gasteiger partial charge in [0.2, 0.25) is 11.8 Å². The van der Waals surface area contributed by atoms with Gasteiger partial charge in [-0.2, -0.15) is 0 Å². The molecule has 1 aliphatic rings. The van der Waals surface area contributed by atoms with Crippen LogP contribution in [0.4, 0.5) is 0 Å². The van der Waals surface area contributed by atoms with Gasteiger partial charge in [0, 0.05) is 7.05 Å². The fraction of sp³-hybridized carbons (Fsp3) is 0.800. The first kappa shape index (κ1) is 17.5. The number of nitrogens with one attached hydrogen (secondary N) is 2. The molecule has 0 aromatic carbocycles. The summed E-state index contributed by atoms with van der Waals surface area (Å²) in [7, 11) is 1.53. The number of rotatable bonds is 6. The third-order valence-corrected chi connectivity index (χ3v) is 4.04. The quantitative estimate of drug-likeness (QED) is 0.682. The topological polar surface area (TPSA) is 95.5 Å². The molecule has 1 aliphatic carbocycles. The molecule has 0 spiro atoms. The Bertz CT molecular complexity index is 408. The van der Waals surface area contributed by atoms with Gasteiger partial charge in [-0.05, 0) is 31.1 Å². The predicted octanol–water partition coefficient (Wildman–Crippen LogP) is 1.01. The van der Waals surface area contributed by atoms with Crippen molar-refractivity contribution >= 4 is 17.8 Å². The lowest BCUT2D eigenvalue weighted by molar-refractivity contribution is -0.146. The van der Waals surface area contributed by atoms with E-state index in [9.17, 15) is 19.5 Å². The highest BCUT2D eigenvalue weighted by atomic mass is 16.4. The lowest BCUT2D eigenvalue weighted by Crippen LogP contribution is -2.49. The molecule has 1 rings (SSSR count). The molecule has 120 valence electrons. The lowest BCUT2D eigenvalue weighted by atomic mass is 9.94. The van der Waals surface area contributed by atoms with Crippen LogP contribution >= 0.6 is 0 Å². The molecule has 2 amide bonds. The van der Waals surface area contributed by atoms with Crippen molar-refractivity contribution in [3.05, 3.63) is 0 Å². The summed E-state index contributed by atoms with van der Waals surface area (Å²) in [6, 6.07) is -0.604. The van der Waals surface area contributed by atoms with Crippen molar-refractivity contribution < 1.29 is 19.5 Å². The summed E-state index contributed by atoms with van der Waals surface area (Å²) < 4.78 is 0. The maximum absolute atomic E-state index is 12.4. The highest BCUT2D eigenvalue weighted by Gasteiger charge is 2.42. The minimum absolute atomic E-state index is 0.213. The van der Waals surface area contributed by atoms with Crippen LogP contribution in [0.15, 0.2) is 0 Å². The Morgan fingerprint density at radius 3 is 2.24 bits per heavy atom. The molecule has 6 heteroatoms. The largest absolute Gasteiger partial charge is 0.481 e. The number of aliphatic carboxylic acids is 1. The molecule has 1 fully saturated rings. The van der Waals surface area contributed by atoms with Gasteiger partial charge >= 0.3 is 5.97 Å². The number of likely N-dealkylation sites (N-methyl/N-ethyl adjacent to an activating group) is 1. The molecule has 0 heterocycles. The van der Waals surface area contributed by atoms with Crippen LogP contribution in [0.5, 0.6) is 0 Å². The van der Waals surface area contributed by atoms with Crippen molar-refractivity contribution in [2.24, 2.45) is 23.7 Å². The van der Waals surface area contributed by atoms with Gasteiger partial charge in [0.15, 0.2) is 0 Å². The second-order valence-corrected chi connectivity index (χ2v) is 6.43. The van der Waals surface area contributed by atoms with Crippen LogP contribution in [0.25, 0.3) is 0 Å². The molecule has 0 aliphatic heterocycles. The number of hydrogen-bond donors (Lipinski definition) is 3. The van der Waals surface area contributed by atoms with Gasteiger partial charge < -0.3 is 15.7 Å². The van der Waals surface area contributed by atoms with Crippen LogP contribution < -0.4 is 10.6 Å². The van der Waals surface area contributed by atoms with E-state index in [1.54, 1.807) is 0 Å². The van der Waals surface area contributed by atoms with Crippen LogP contribution in [0, 0.1) is 23.7 Å². The number of carbonyl (C=O) groups is 3. The molecule has 4 atom stereocenters. The van der Waals surface area contributed by atoms with Gasteiger partial charge in [-0.1, -0.05) is 20.8 Å².